The normalized spacial score (nSPS) is 25.8. The fourth-order valence-electron chi connectivity index (χ4n) is 4.53. The van der Waals surface area contributed by atoms with Crippen LogP contribution < -0.4 is 0 Å². The van der Waals surface area contributed by atoms with E-state index in [-0.39, 0.29) is 0 Å². The molecule has 2 aliphatic rings. The summed E-state index contributed by atoms with van der Waals surface area (Å²) in [5.41, 5.74) is 3.28. The van der Waals surface area contributed by atoms with Gasteiger partial charge in [0, 0.05) is 30.1 Å². The van der Waals surface area contributed by atoms with Crippen LogP contribution in [0, 0.1) is 5.92 Å². The van der Waals surface area contributed by atoms with E-state index in [4.69, 9.17) is 11.6 Å². The maximum atomic E-state index is 6.05. The first-order chi connectivity index (χ1) is 11.7. The average Bonchev–Trinajstić information content (AvgIpc) is 3.17. The first kappa shape index (κ1) is 14.5. The Kier molecular flexibility index (Phi) is 3.23. The average molecular weight is 334 g/mol. The lowest BCUT2D eigenvalue weighted by atomic mass is 9.95. The zero-order valence-corrected chi connectivity index (χ0v) is 14.3. The van der Waals surface area contributed by atoms with Crippen molar-refractivity contribution in [1.82, 2.24) is 4.90 Å². The number of piperidine rings is 1. The van der Waals surface area contributed by atoms with E-state index in [0.717, 1.165) is 17.5 Å². The van der Waals surface area contributed by atoms with Crippen molar-refractivity contribution >= 4 is 22.4 Å². The molecule has 0 spiro atoms. The summed E-state index contributed by atoms with van der Waals surface area (Å²) in [5, 5.41) is 3.49. The highest BCUT2D eigenvalue weighted by Crippen LogP contribution is 2.59. The third-order valence-corrected chi connectivity index (χ3v) is 6.11. The van der Waals surface area contributed by atoms with Crippen LogP contribution in [0.15, 0.2) is 66.7 Å². The lowest BCUT2D eigenvalue weighted by Gasteiger charge is -2.21. The minimum atomic E-state index is 0.390. The van der Waals surface area contributed by atoms with Crippen LogP contribution >= 0.6 is 11.6 Å². The Bertz CT molecular complexity index is 901. The number of nitrogens with zero attached hydrogens (tertiary/aromatic N) is 1. The van der Waals surface area contributed by atoms with E-state index in [1.165, 1.54) is 41.4 Å². The van der Waals surface area contributed by atoms with Crippen LogP contribution in [0.3, 0.4) is 0 Å². The molecule has 2 atom stereocenters. The molecule has 2 heteroatoms. The van der Waals surface area contributed by atoms with Gasteiger partial charge >= 0.3 is 0 Å². The van der Waals surface area contributed by atoms with Crippen molar-refractivity contribution in [2.24, 2.45) is 5.92 Å². The lowest BCUT2D eigenvalue weighted by Crippen LogP contribution is -2.26. The van der Waals surface area contributed by atoms with Gasteiger partial charge in [0.25, 0.3) is 0 Å². The van der Waals surface area contributed by atoms with Crippen LogP contribution in [0.5, 0.6) is 0 Å². The lowest BCUT2D eigenvalue weighted by molar-refractivity contribution is 0.290. The summed E-state index contributed by atoms with van der Waals surface area (Å²) in [5.74, 6) is 0.819. The van der Waals surface area contributed by atoms with Gasteiger partial charge in [-0.15, -0.1) is 0 Å². The molecule has 0 bridgehead atoms. The molecule has 1 nitrogen and oxygen atoms in total. The number of hydrogen-bond acceptors (Lipinski definition) is 1. The second kappa shape index (κ2) is 5.34. The fraction of sp³-hybridized carbons (Fsp3) is 0.273. The summed E-state index contributed by atoms with van der Waals surface area (Å²) in [6.07, 6.45) is 1.34. The number of halogens is 1. The SMILES string of the molecule is Clc1ccc(C23CC2CN(Cc2ccc4ccccc4c2)C3)cc1. The summed E-state index contributed by atoms with van der Waals surface area (Å²) in [6, 6.07) is 24.0. The summed E-state index contributed by atoms with van der Waals surface area (Å²) in [6.45, 7) is 3.44. The first-order valence-electron chi connectivity index (χ1n) is 8.69. The van der Waals surface area contributed by atoms with Crippen molar-refractivity contribution in [2.75, 3.05) is 13.1 Å². The number of likely N-dealkylation sites (tertiary alicyclic amines) is 1. The molecule has 3 aromatic rings. The van der Waals surface area contributed by atoms with Gasteiger partial charge in [-0.2, -0.15) is 0 Å². The smallest absolute Gasteiger partial charge is 0.0406 e. The van der Waals surface area contributed by atoms with Crippen molar-refractivity contribution in [1.29, 1.82) is 0 Å². The highest BCUT2D eigenvalue weighted by atomic mass is 35.5. The molecule has 1 aliphatic heterocycles. The molecule has 5 rings (SSSR count). The third kappa shape index (κ3) is 2.35. The van der Waals surface area contributed by atoms with Gasteiger partial charge in [0.2, 0.25) is 0 Å². The molecular formula is C22H20ClN. The van der Waals surface area contributed by atoms with Crippen LogP contribution in [0.2, 0.25) is 5.02 Å². The number of benzene rings is 3. The van der Waals surface area contributed by atoms with Gasteiger partial charge in [-0.1, -0.05) is 60.1 Å². The van der Waals surface area contributed by atoms with E-state index in [1.807, 2.05) is 12.1 Å². The molecule has 120 valence electrons. The Balaban J connectivity index is 1.35. The van der Waals surface area contributed by atoms with Crippen molar-refractivity contribution < 1.29 is 0 Å². The van der Waals surface area contributed by atoms with Gasteiger partial charge in [-0.05, 0) is 52.4 Å². The first-order valence-corrected chi connectivity index (χ1v) is 9.07. The van der Waals surface area contributed by atoms with Crippen LogP contribution in [0.4, 0.5) is 0 Å². The molecule has 0 N–H and O–H groups in total. The van der Waals surface area contributed by atoms with Gasteiger partial charge in [-0.25, -0.2) is 0 Å². The van der Waals surface area contributed by atoms with E-state index in [0.29, 0.717) is 5.41 Å². The predicted molar refractivity (Wildman–Crippen MR) is 100 cm³/mol. The molecule has 1 aliphatic carbocycles. The molecule has 0 radical (unpaired) electrons. The monoisotopic (exact) mass is 333 g/mol. The molecule has 24 heavy (non-hydrogen) atoms. The van der Waals surface area contributed by atoms with Crippen LogP contribution in [0.25, 0.3) is 10.8 Å². The van der Waals surface area contributed by atoms with Gasteiger partial charge in [0.15, 0.2) is 0 Å². The Morgan fingerprint density at radius 2 is 1.75 bits per heavy atom. The summed E-state index contributed by atoms with van der Waals surface area (Å²) < 4.78 is 0. The highest BCUT2D eigenvalue weighted by Gasteiger charge is 2.60. The van der Waals surface area contributed by atoms with Crippen LogP contribution in [-0.4, -0.2) is 18.0 Å². The minimum absolute atomic E-state index is 0.390. The zero-order chi connectivity index (χ0) is 16.1. The Labute approximate surface area is 147 Å². The molecule has 0 aromatic heterocycles. The number of fused-ring (bicyclic) bond motifs is 2. The standard InChI is InChI=1S/C22H20ClN/c23-21-9-7-19(8-10-21)22-12-20(22)14-24(15-22)13-16-5-6-17-3-1-2-4-18(17)11-16/h1-11,20H,12-15H2. The van der Waals surface area contributed by atoms with Crippen molar-refractivity contribution in [3.63, 3.8) is 0 Å². The van der Waals surface area contributed by atoms with Crippen molar-refractivity contribution in [3.05, 3.63) is 82.9 Å². The second-order valence-electron chi connectivity index (χ2n) is 7.42. The van der Waals surface area contributed by atoms with E-state index in [9.17, 15) is 0 Å². The number of hydrogen-bond donors (Lipinski definition) is 0. The van der Waals surface area contributed by atoms with Gasteiger partial charge in [0.1, 0.15) is 0 Å². The van der Waals surface area contributed by atoms with E-state index in [2.05, 4.69) is 59.5 Å². The van der Waals surface area contributed by atoms with Gasteiger partial charge in [-0.3, -0.25) is 4.90 Å². The third-order valence-electron chi connectivity index (χ3n) is 5.86. The van der Waals surface area contributed by atoms with E-state index >= 15 is 0 Å². The summed E-state index contributed by atoms with van der Waals surface area (Å²) in [7, 11) is 0. The molecule has 2 fully saturated rings. The topological polar surface area (TPSA) is 3.24 Å². The highest BCUT2D eigenvalue weighted by molar-refractivity contribution is 6.30. The summed E-state index contributed by atoms with van der Waals surface area (Å²) >= 11 is 6.05. The molecule has 0 amide bonds. The molecule has 1 saturated carbocycles. The molecule has 1 saturated heterocycles. The molecule has 2 unspecified atom stereocenters. The predicted octanol–water partition coefficient (Wildman–Crippen LogP) is 5.27. The largest absolute Gasteiger partial charge is 0.298 e. The quantitative estimate of drug-likeness (QED) is 0.631. The minimum Gasteiger partial charge on any atom is -0.298 e. The van der Waals surface area contributed by atoms with Crippen LogP contribution in [-0.2, 0) is 12.0 Å². The Morgan fingerprint density at radius 1 is 0.958 bits per heavy atom. The van der Waals surface area contributed by atoms with Gasteiger partial charge < -0.3 is 0 Å². The van der Waals surface area contributed by atoms with Crippen molar-refractivity contribution in [3.8, 4) is 0 Å². The molecule has 3 aromatic carbocycles. The Hall–Kier alpha value is -1.83. The van der Waals surface area contributed by atoms with E-state index < -0.39 is 0 Å². The summed E-state index contributed by atoms with van der Waals surface area (Å²) in [4.78, 5) is 2.62. The molecular weight excluding hydrogens is 314 g/mol. The zero-order valence-electron chi connectivity index (χ0n) is 13.6. The van der Waals surface area contributed by atoms with Crippen LogP contribution in [0.1, 0.15) is 17.5 Å². The maximum absolute atomic E-state index is 6.05. The second-order valence-corrected chi connectivity index (χ2v) is 7.85. The van der Waals surface area contributed by atoms with Crippen molar-refractivity contribution in [2.45, 2.75) is 18.4 Å². The fourth-order valence-corrected chi connectivity index (χ4v) is 4.66. The number of rotatable bonds is 3. The maximum Gasteiger partial charge on any atom is 0.0406 e. The van der Waals surface area contributed by atoms with Gasteiger partial charge in [0.05, 0.1) is 0 Å². The van der Waals surface area contributed by atoms with E-state index in [1.54, 1.807) is 0 Å². The molecule has 1 heterocycles. The Morgan fingerprint density at radius 3 is 2.58 bits per heavy atom.